The first-order valence-corrected chi connectivity index (χ1v) is 7.20. The second-order valence-corrected chi connectivity index (χ2v) is 7.94. The summed E-state index contributed by atoms with van der Waals surface area (Å²) in [4.78, 5) is 0. The van der Waals surface area contributed by atoms with Crippen LogP contribution in [0.25, 0.3) is 0 Å². The second kappa shape index (κ2) is 3.43. The van der Waals surface area contributed by atoms with Crippen molar-refractivity contribution >= 4 is 8.32 Å². The van der Waals surface area contributed by atoms with E-state index in [1.165, 1.54) is 6.42 Å². The zero-order chi connectivity index (χ0) is 10.1. The van der Waals surface area contributed by atoms with Crippen molar-refractivity contribution in [2.45, 2.75) is 38.8 Å². The normalized spacial score (nSPS) is 30.8. The monoisotopic (exact) mass is 196 g/mol. The maximum absolute atomic E-state index is 6.17. The summed E-state index contributed by atoms with van der Waals surface area (Å²) in [7, 11) is -1.78. The fraction of sp³-hybridized carbons (Fsp3) is 0.636. The zero-order valence-corrected chi connectivity index (χ0v) is 9.97. The molecule has 1 rings (SSSR count). The molecule has 13 heavy (non-hydrogen) atoms. The molecule has 0 aliphatic carbocycles. The maximum atomic E-state index is 6.17. The summed E-state index contributed by atoms with van der Waals surface area (Å²) in [5, 5.41) is 0. The smallest absolute Gasteiger partial charge is 0.241 e. The van der Waals surface area contributed by atoms with Crippen molar-refractivity contribution in [3.63, 3.8) is 0 Å². The molecule has 0 amide bonds. The summed E-state index contributed by atoms with van der Waals surface area (Å²) in [6, 6.07) is 1.14. The fourth-order valence-corrected chi connectivity index (χ4v) is 4.71. The molecule has 74 valence electrons. The van der Waals surface area contributed by atoms with E-state index >= 15 is 0 Å². The van der Waals surface area contributed by atoms with Gasteiger partial charge in [0.15, 0.2) is 0 Å². The van der Waals surface area contributed by atoms with Crippen molar-refractivity contribution in [3.05, 3.63) is 24.6 Å². The fourth-order valence-electron chi connectivity index (χ4n) is 1.80. The van der Waals surface area contributed by atoms with Gasteiger partial charge >= 0.3 is 0 Å². The third-order valence-electron chi connectivity index (χ3n) is 3.30. The van der Waals surface area contributed by atoms with Crippen LogP contribution in [0, 0.1) is 5.92 Å². The van der Waals surface area contributed by atoms with Gasteiger partial charge in [-0.15, -0.1) is 13.2 Å². The number of rotatable bonds is 2. The van der Waals surface area contributed by atoms with Crippen molar-refractivity contribution in [3.8, 4) is 0 Å². The van der Waals surface area contributed by atoms with Gasteiger partial charge < -0.3 is 4.43 Å². The molecule has 2 heteroatoms. The predicted molar refractivity (Wildman–Crippen MR) is 59.9 cm³/mol. The van der Waals surface area contributed by atoms with Crippen LogP contribution in [-0.2, 0) is 4.43 Å². The van der Waals surface area contributed by atoms with Crippen LogP contribution in [0.15, 0.2) is 24.6 Å². The van der Waals surface area contributed by atoms with Crippen LogP contribution < -0.4 is 0 Å². The van der Waals surface area contributed by atoms with Gasteiger partial charge in [0.2, 0.25) is 8.32 Å². The number of hydrogen-bond donors (Lipinski definition) is 0. The summed E-state index contributed by atoms with van der Waals surface area (Å²) in [5.41, 5.74) is 4.01. The molecule has 1 fully saturated rings. The van der Waals surface area contributed by atoms with Gasteiger partial charge in [0, 0.05) is 0 Å². The molecule has 1 saturated heterocycles. The van der Waals surface area contributed by atoms with E-state index in [9.17, 15) is 0 Å². The minimum absolute atomic E-state index is 0.00709. The molecule has 1 unspecified atom stereocenters. The van der Waals surface area contributed by atoms with E-state index in [1.807, 2.05) is 11.4 Å². The SMILES string of the molecule is C=C[Si]1(C=C)CCC(C)C(C)(C)O1. The summed E-state index contributed by atoms with van der Waals surface area (Å²) in [6.45, 7) is 14.4. The van der Waals surface area contributed by atoms with Crippen molar-refractivity contribution in [2.24, 2.45) is 5.92 Å². The Labute approximate surface area is 82.6 Å². The van der Waals surface area contributed by atoms with Gasteiger partial charge in [0.25, 0.3) is 0 Å². The van der Waals surface area contributed by atoms with Crippen LogP contribution >= 0.6 is 0 Å². The average molecular weight is 196 g/mol. The van der Waals surface area contributed by atoms with Crippen LogP contribution in [0.4, 0.5) is 0 Å². The molecule has 0 aromatic heterocycles. The van der Waals surface area contributed by atoms with Crippen LogP contribution in [0.1, 0.15) is 27.2 Å². The Hall–Kier alpha value is -0.343. The van der Waals surface area contributed by atoms with Gasteiger partial charge in [-0.1, -0.05) is 18.3 Å². The summed E-state index contributed by atoms with van der Waals surface area (Å²) < 4.78 is 6.17. The van der Waals surface area contributed by atoms with Crippen molar-refractivity contribution in [1.82, 2.24) is 0 Å². The molecule has 1 heterocycles. The highest BCUT2D eigenvalue weighted by molar-refractivity contribution is 6.83. The number of hydrogen-bond acceptors (Lipinski definition) is 1. The summed E-state index contributed by atoms with van der Waals surface area (Å²) in [6.07, 6.45) is 1.23. The Balaban J connectivity index is 2.86. The van der Waals surface area contributed by atoms with Crippen molar-refractivity contribution in [1.29, 1.82) is 0 Å². The van der Waals surface area contributed by atoms with Crippen LogP contribution in [0.3, 0.4) is 0 Å². The molecular formula is C11H20OSi. The molecule has 0 saturated carbocycles. The molecular weight excluding hydrogens is 176 g/mol. The average Bonchev–Trinajstić information content (AvgIpc) is 2.10. The van der Waals surface area contributed by atoms with Gasteiger partial charge in [-0.25, -0.2) is 0 Å². The van der Waals surface area contributed by atoms with Crippen LogP contribution in [-0.4, -0.2) is 13.9 Å². The molecule has 1 atom stereocenters. The molecule has 0 aromatic carbocycles. The van der Waals surface area contributed by atoms with Gasteiger partial charge in [-0.2, -0.15) is 0 Å². The molecule has 0 spiro atoms. The second-order valence-electron chi connectivity index (χ2n) is 4.51. The minimum Gasteiger partial charge on any atom is -0.404 e. The summed E-state index contributed by atoms with van der Waals surface area (Å²) in [5.74, 6) is 0.632. The highest BCUT2D eigenvalue weighted by Gasteiger charge is 2.42. The van der Waals surface area contributed by atoms with E-state index in [-0.39, 0.29) is 5.60 Å². The largest absolute Gasteiger partial charge is 0.404 e. The third kappa shape index (κ3) is 1.94. The lowest BCUT2D eigenvalue weighted by Crippen LogP contribution is -2.51. The van der Waals surface area contributed by atoms with E-state index < -0.39 is 8.32 Å². The highest BCUT2D eigenvalue weighted by Crippen LogP contribution is 2.38. The summed E-state index contributed by atoms with van der Waals surface area (Å²) >= 11 is 0. The highest BCUT2D eigenvalue weighted by atomic mass is 28.4. The van der Waals surface area contributed by atoms with Gasteiger partial charge in [0.05, 0.1) is 5.60 Å². The van der Waals surface area contributed by atoms with Gasteiger partial charge in [-0.05, 0) is 32.2 Å². The Morgan fingerprint density at radius 1 is 1.38 bits per heavy atom. The van der Waals surface area contributed by atoms with Crippen molar-refractivity contribution in [2.75, 3.05) is 0 Å². The molecule has 0 radical (unpaired) electrons. The Kier molecular flexibility index (Phi) is 2.83. The van der Waals surface area contributed by atoms with Crippen LogP contribution in [0.2, 0.25) is 6.04 Å². The topological polar surface area (TPSA) is 9.23 Å². The zero-order valence-electron chi connectivity index (χ0n) is 8.97. The molecule has 0 aromatic rings. The molecule has 1 aliphatic rings. The first-order chi connectivity index (χ1) is 5.96. The Morgan fingerprint density at radius 2 is 1.92 bits per heavy atom. The van der Waals surface area contributed by atoms with Gasteiger partial charge in [0.1, 0.15) is 0 Å². The van der Waals surface area contributed by atoms with E-state index in [4.69, 9.17) is 4.43 Å². The van der Waals surface area contributed by atoms with E-state index in [2.05, 4.69) is 33.9 Å². The maximum Gasteiger partial charge on any atom is 0.241 e. The van der Waals surface area contributed by atoms with E-state index in [1.54, 1.807) is 0 Å². The minimum atomic E-state index is -1.78. The lowest BCUT2D eigenvalue weighted by molar-refractivity contribution is 0.0264. The third-order valence-corrected chi connectivity index (χ3v) is 6.66. The molecule has 0 N–H and O–H groups in total. The van der Waals surface area contributed by atoms with Crippen LogP contribution in [0.5, 0.6) is 0 Å². The van der Waals surface area contributed by atoms with E-state index in [0.717, 1.165) is 6.04 Å². The quantitative estimate of drug-likeness (QED) is 0.616. The van der Waals surface area contributed by atoms with Gasteiger partial charge in [-0.3, -0.25) is 0 Å². The Morgan fingerprint density at radius 3 is 2.31 bits per heavy atom. The lowest BCUT2D eigenvalue weighted by Gasteiger charge is -2.45. The lowest BCUT2D eigenvalue weighted by atomic mass is 9.91. The molecule has 1 nitrogen and oxygen atoms in total. The van der Waals surface area contributed by atoms with Crippen molar-refractivity contribution < 1.29 is 4.43 Å². The first-order valence-electron chi connectivity index (χ1n) is 4.93. The molecule has 0 bridgehead atoms. The molecule has 1 aliphatic heterocycles. The standard InChI is InChI=1S/C11H20OSi/c1-6-13(7-2)9-8-10(3)11(4,5)12-13/h6-7,10H,1-2,8-9H2,3-5H3. The predicted octanol–water partition coefficient (Wildman–Crippen LogP) is 3.22. The Bertz CT molecular complexity index is 212. The van der Waals surface area contributed by atoms with E-state index in [0.29, 0.717) is 5.92 Å². The first kappa shape index (κ1) is 10.7.